The van der Waals surface area contributed by atoms with E-state index in [4.69, 9.17) is 4.42 Å². The third-order valence-electron chi connectivity index (χ3n) is 4.51. The van der Waals surface area contributed by atoms with Gasteiger partial charge in [0.05, 0.1) is 25.3 Å². The van der Waals surface area contributed by atoms with E-state index in [1.54, 1.807) is 30.2 Å². The molecule has 0 radical (unpaired) electrons. The van der Waals surface area contributed by atoms with Crippen LogP contribution in [0.1, 0.15) is 24.7 Å². The average molecular weight is 342 g/mol. The van der Waals surface area contributed by atoms with Crippen LogP contribution in [0.2, 0.25) is 0 Å². The van der Waals surface area contributed by atoms with Gasteiger partial charge in [0.1, 0.15) is 11.4 Å². The molecule has 0 spiro atoms. The zero-order chi connectivity index (χ0) is 17.9. The highest BCUT2D eigenvalue weighted by Gasteiger charge is 2.35. The smallest absolute Gasteiger partial charge is 0.225 e. The molecule has 2 amide bonds. The maximum absolute atomic E-state index is 12.4. The standard InChI is InChI=1S/C19H22N2O4/c1-19(24,15-6-3-2-4-7-15)13-20-18(23)14-10-17(22)21(11-14)12-16-8-5-9-25-16/h2-9,14,24H,10-13H2,1H3,(H,20,23). The van der Waals surface area contributed by atoms with Crippen molar-refractivity contribution in [1.82, 2.24) is 10.2 Å². The van der Waals surface area contributed by atoms with E-state index < -0.39 is 11.5 Å². The molecule has 0 saturated carbocycles. The van der Waals surface area contributed by atoms with Crippen LogP contribution in [0.25, 0.3) is 0 Å². The molecule has 0 bridgehead atoms. The minimum absolute atomic E-state index is 0.0635. The van der Waals surface area contributed by atoms with Crippen molar-refractivity contribution in [3.8, 4) is 0 Å². The topological polar surface area (TPSA) is 82.8 Å². The third kappa shape index (κ3) is 4.09. The van der Waals surface area contributed by atoms with Gasteiger partial charge >= 0.3 is 0 Å². The van der Waals surface area contributed by atoms with Crippen LogP contribution in [-0.2, 0) is 21.7 Å². The number of carbonyl (C=O) groups is 2. The summed E-state index contributed by atoms with van der Waals surface area (Å²) in [6, 6.07) is 12.8. The van der Waals surface area contributed by atoms with Crippen molar-refractivity contribution in [3.05, 3.63) is 60.1 Å². The van der Waals surface area contributed by atoms with Crippen LogP contribution in [-0.4, -0.2) is 34.9 Å². The number of aliphatic hydroxyl groups is 1. The minimum Gasteiger partial charge on any atom is -0.467 e. The van der Waals surface area contributed by atoms with Gasteiger partial charge in [0.2, 0.25) is 11.8 Å². The first-order chi connectivity index (χ1) is 12.0. The molecule has 2 heterocycles. The average Bonchev–Trinajstić information content (AvgIpc) is 3.24. The maximum atomic E-state index is 12.4. The minimum atomic E-state index is -1.16. The summed E-state index contributed by atoms with van der Waals surface area (Å²) in [6.45, 7) is 2.49. The lowest BCUT2D eigenvalue weighted by atomic mass is 9.96. The summed E-state index contributed by atoms with van der Waals surface area (Å²) >= 11 is 0. The molecular formula is C19H22N2O4. The van der Waals surface area contributed by atoms with Gasteiger partial charge in [-0.15, -0.1) is 0 Å². The zero-order valence-electron chi connectivity index (χ0n) is 14.1. The molecule has 2 unspecified atom stereocenters. The quantitative estimate of drug-likeness (QED) is 0.836. The van der Waals surface area contributed by atoms with Crippen LogP contribution in [0.5, 0.6) is 0 Å². The van der Waals surface area contributed by atoms with Gasteiger partial charge in [-0.05, 0) is 24.6 Å². The summed E-state index contributed by atoms with van der Waals surface area (Å²) in [6.07, 6.45) is 1.74. The summed E-state index contributed by atoms with van der Waals surface area (Å²) < 4.78 is 5.25. The Morgan fingerprint density at radius 1 is 1.32 bits per heavy atom. The largest absolute Gasteiger partial charge is 0.467 e. The molecule has 1 saturated heterocycles. The Bertz CT molecular complexity index is 725. The summed E-state index contributed by atoms with van der Waals surface area (Å²) in [5.41, 5.74) is -0.426. The molecule has 132 valence electrons. The molecule has 6 nitrogen and oxygen atoms in total. The predicted molar refractivity (Wildman–Crippen MR) is 91.3 cm³/mol. The van der Waals surface area contributed by atoms with Crippen molar-refractivity contribution in [2.75, 3.05) is 13.1 Å². The molecule has 2 N–H and O–H groups in total. The van der Waals surface area contributed by atoms with Gasteiger partial charge in [0.25, 0.3) is 0 Å². The maximum Gasteiger partial charge on any atom is 0.225 e. The molecule has 1 fully saturated rings. The number of nitrogens with zero attached hydrogens (tertiary/aromatic N) is 1. The lowest BCUT2D eigenvalue weighted by Gasteiger charge is -2.25. The van der Waals surface area contributed by atoms with Crippen molar-refractivity contribution in [2.45, 2.75) is 25.5 Å². The highest BCUT2D eigenvalue weighted by atomic mass is 16.3. The van der Waals surface area contributed by atoms with E-state index in [1.165, 1.54) is 0 Å². The normalized spacial score (nSPS) is 19.7. The molecule has 2 atom stereocenters. The number of amides is 2. The van der Waals surface area contributed by atoms with Crippen molar-refractivity contribution in [2.24, 2.45) is 5.92 Å². The van der Waals surface area contributed by atoms with E-state index in [9.17, 15) is 14.7 Å². The molecular weight excluding hydrogens is 320 g/mol. The van der Waals surface area contributed by atoms with Crippen LogP contribution in [0, 0.1) is 5.92 Å². The van der Waals surface area contributed by atoms with E-state index in [2.05, 4.69) is 5.32 Å². The van der Waals surface area contributed by atoms with E-state index >= 15 is 0 Å². The number of hydrogen-bond acceptors (Lipinski definition) is 4. The number of hydrogen-bond donors (Lipinski definition) is 2. The number of rotatable bonds is 6. The van der Waals surface area contributed by atoms with Crippen molar-refractivity contribution >= 4 is 11.8 Å². The van der Waals surface area contributed by atoms with E-state index in [0.29, 0.717) is 18.8 Å². The van der Waals surface area contributed by atoms with Gasteiger partial charge in [-0.25, -0.2) is 0 Å². The first-order valence-corrected chi connectivity index (χ1v) is 8.31. The van der Waals surface area contributed by atoms with Crippen molar-refractivity contribution in [1.29, 1.82) is 0 Å². The zero-order valence-corrected chi connectivity index (χ0v) is 14.1. The lowest BCUT2D eigenvalue weighted by molar-refractivity contribution is -0.129. The Kier molecular flexibility index (Phi) is 4.90. The lowest BCUT2D eigenvalue weighted by Crippen LogP contribution is -2.41. The highest BCUT2D eigenvalue weighted by molar-refractivity contribution is 5.89. The van der Waals surface area contributed by atoms with E-state index in [1.807, 2.05) is 30.3 Å². The number of benzene rings is 1. The Balaban J connectivity index is 1.54. The molecule has 2 aromatic rings. The summed E-state index contributed by atoms with van der Waals surface area (Å²) in [5, 5.41) is 13.3. The monoisotopic (exact) mass is 342 g/mol. The van der Waals surface area contributed by atoms with Gasteiger partial charge in [-0.2, -0.15) is 0 Å². The van der Waals surface area contributed by atoms with Crippen LogP contribution >= 0.6 is 0 Å². The Labute approximate surface area is 146 Å². The molecule has 3 rings (SSSR count). The van der Waals surface area contributed by atoms with Gasteiger partial charge in [-0.1, -0.05) is 30.3 Å². The van der Waals surface area contributed by atoms with E-state index in [-0.39, 0.29) is 24.8 Å². The molecule has 1 aliphatic rings. The summed E-state index contributed by atoms with van der Waals surface area (Å²) in [5.74, 6) is 0.00771. The number of likely N-dealkylation sites (tertiary alicyclic amines) is 1. The van der Waals surface area contributed by atoms with Crippen LogP contribution in [0.3, 0.4) is 0 Å². The number of furan rings is 1. The van der Waals surface area contributed by atoms with Crippen LogP contribution in [0.4, 0.5) is 0 Å². The fourth-order valence-corrected chi connectivity index (χ4v) is 2.99. The Morgan fingerprint density at radius 2 is 2.08 bits per heavy atom. The summed E-state index contributed by atoms with van der Waals surface area (Å²) in [4.78, 5) is 26.1. The van der Waals surface area contributed by atoms with Crippen LogP contribution < -0.4 is 5.32 Å². The predicted octanol–water partition coefficient (Wildman–Crippen LogP) is 1.65. The SMILES string of the molecule is CC(O)(CNC(=O)C1CC(=O)N(Cc2ccco2)C1)c1ccccc1. The van der Waals surface area contributed by atoms with Gasteiger partial charge in [0, 0.05) is 13.0 Å². The van der Waals surface area contributed by atoms with Gasteiger partial charge < -0.3 is 19.7 Å². The van der Waals surface area contributed by atoms with Gasteiger partial charge in [-0.3, -0.25) is 9.59 Å². The number of carbonyl (C=O) groups excluding carboxylic acids is 2. The van der Waals surface area contributed by atoms with Crippen molar-refractivity contribution in [3.63, 3.8) is 0 Å². The third-order valence-corrected chi connectivity index (χ3v) is 4.51. The second-order valence-corrected chi connectivity index (χ2v) is 6.61. The van der Waals surface area contributed by atoms with Gasteiger partial charge in [0.15, 0.2) is 0 Å². The van der Waals surface area contributed by atoms with E-state index in [0.717, 1.165) is 5.56 Å². The molecule has 6 heteroatoms. The fraction of sp³-hybridized carbons (Fsp3) is 0.368. The highest BCUT2D eigenvalue weighted by Crippen LogP contribution is 2.22. The summed E-state index contributed by atoms with van der Waals surface area (Å²) in [7, 11) is 0. The molecule has 1 aromatic heterocycles. The Hall–Kier alpha value is -2.60. The second kappa shape index (κ2) is 7.11. The molecule has 25 heavy (non-hydrogen) atoms. The molecule has 1 aromatic carbocycles. The number of nitrogens with one attached hydrogen (secondary N) is 1. The molecule has 1 aliphatic heterocycles. The Morgan fingerprint density at radius 3 is 2.76 bits per heavy atom. The molecule has 0 aliphatic carbocycles. The van der Waals surface area contributed by atoms with Crippen LogP contribution in [0.15, 0.2) is 53.1 Å². The first kappa shape index (κ1) is 17.2. The fourth-order valence-electron chi connectivity index (χ4n) is 2.99. The second-order valence-electron chi connectivity index (χ2n) is 6.61. The first-order valence-electron chi connectivity index (χ1n) is 8.31. The van der Waals surface area contributed by atoms with Crippen molar-refractivity contribution < 1.29 is 19.1 Å².